The first kappa shape index (κ1) is 13.7. The van der Waals surface area contributed by atoms with E-state index in [-0.39, 0.29) is 5.82 Å². The summed E-state index contributed by atoms with van der Waals surface area (Å²) in [4.78, 5) is 0. The summed E-state index contributed by atoms with van der Waals surface area (Å²) >= 11 is 0. The van der Waals surface area contributed by atoms with Crippen LogP contribution in [0.25, 0.3) is 0 Å². The van der Waals surface area contributed by atoms with Crippen molar-refractivity contribution in [1.82, 2.24) is 5.32 Å². The number of hydrogen-bond acceptors (Lipinski definition) is 2. The molecule has 0 radical (unpaired) electrons. The lowest BCUT2D eigenvalue weighted by Gasteiger charge is -2.21. The van der Waals surface area contributed by atoms with E-state index in [9.17, 15) is 4.39 Å². The zero-order chi connectivity index (χ0) is 12.8. The van der Waals surface area contributed by atoms with Crippen LogP contribution in [0.2, 0.25) is 0 Å². The molecule has 0 saturated heterocycles. The van der Waals surface area contributed by atoms with Gasteiger partial charge in [0.2, 0.25) is 0 Å². The van der Waals surface area contributed by atoms with E-state index in [0.717, 1.165) is 12.0 Å². The molecule has 1 aromatic rings. The van der Waals surface area contributed by atoms with Crippen LogP contribution in [0.3, 0.4) is 0 Å². The van der Waals surface area contributed by atoms with Gasteiger partial charge in [-0.2, -0.15) is 5.26 Å². The minimum Gasteiger partial charge on any atom is -0.310 e. The molecule has 1 unspecified atom stereocenters. The molecule has 0 heterocycles. The summed E-state index contributed by atoms with van der Waals surface area (Å²) in [6, 6.07) is 6.76. The summed E-state index contributed by atoms with van der Waals surface area (Å²) in [5, 5.41) is 12.3. The predicted octanol–water partition coefficient (Wildman–Crippen LogP) is 3.22. The van der Waals surface area contributed by atoms with Gasteiger partial charge in [0.1, 0.15) is 5.82 Å². The van der Waals surface area contributed by atoms with E-state index in [1.807, 2.05) is 0 Å². The lowest BCUT2D eigenvalue weighted by atomic mass is 10.0. The molecule has 0 spiro atoms. The van der Waals surface area contributed by atoms with Crippen molar-refractivity contribution >= 4 is 0 Å². The highest BCUT2D eigenvalue weighted by Gasteiger charge is 2.11. The summed E-state index contributed by atoms with van der Waals surface area (Å²) in [6.07, 6.45) is 1.02. The maximum Gasteiger partial charge on any atom is 0.123 e. The highest BCUT2D eigenvalue weighted by molar-refractivity contribution is 5.37. The topological polar surface area (TPSA) is 35.8 Å². The quantitative estimate of drug-likeness (QED) is 0.849. The Bertz CT molecular complexity index is 407. The van der Waals surface area contributed by atoms with Crippen LogP contribution in [-0.2, 0) is 6.54 Å². The molecule has 0 fully saturated rings. The fraction of sp³-hybridized carbons (Fsp3) is 0.500. The number of rotatable bonds is 5. The number of benzene rings is 1. The van der Waals surface area contributed by atoms with Crippen molar-refractivity contribution in [2.24, 2.45) is 5.92 Å². The molecule has 17 heavy (non-hydrogen) atoms. The first-order valence-corrected chi connectivity index (χ1v) is 6.00. The smallest absolute Gasteiger partial charge is 0.123 e. The molecule has 3 heteroatoms. The Morgan fingerprint density at radius 3 is 2.65 bits per heavy atom. The molecule has 0 aliphatic heterocycles. The van der Waals surface area contributed by atoms with Crippen LogP contribution in [0.1, 0.15) is 38.3 Å². The summed E-state index contributed by atoms with van der Waals surface area (Å²) in [5.41, 5.74) is 1.27. The maximum absolute atomic E-state index is 13.1. The maximum atomic E-state index is 13.1. The lowest BCUT2D eigenvalue weighted by molar-refractivity contribution is 0.387. The van der Waals surface area contributed by atoms with Crippen LogP contribution < -0.4 is 5.32 Å². The van der Waals surface area contributed by atoms with Crippen molar-refractivity contribution in [1.29, 1.82) is 5.26 Å². The van der Waals surface area contributed by atoms with Crippen molar-refractivity contribution in [2.75, 3.05) is 0 Å². The Kier molecular flexibility index (Phi) is 5.11. The standard InChI is InChI=1S/C14H19FN2/c1-4-14(10(2)3)17-9-12-7-13(15)6-5-11(12)8-16/h5-7,10,14,17H,4,9H2,1-3H3. The molecule has 1 aromatic carbocycles. The minimum atomic E-state index is -0.293. The van der Waals surface area contributed by atoms with Crippen LogP contribution in [0.5, 0.6) is 0 Å². The molecule has 0 aliphatic rings. The van der Waals surface area contributed by atoms with Gasteiger partial charge in [-0.05, 0) is 36.1 Å². The zero-order valence-corrected chi connectivity index (χ0v) is 10.6. The van der Waals surface area contributed by atoms with Gasteiger partial charge in [-0.25, -0.2) is 4.39 Å². The molecule has 0 amide bonds. The van der Waals surface area contributed by atoms with Crippen molar-refractivity contribution in [3.05, 3.63) is 35.1 Å². The molecule has 1 rings (SSSR count). The fourth-order valence-electron chi connectivity index (χ4n) is 1.91. The Balaban J connectivity index is 2.75. The van der Waals surface area contributed by atoms with E-state index in [0.29, 0.717) is 24.1 Å². The molecule has 1 N–H and O–H groups in total. The van der Waals surface area contributed by atoms with E-state index in [2.05, 4.69) is 32.2 Å². The second-order valence-corrected chi connectivity index (χ2v) is 4.55. The van der Waals surface area contributed by atoms with Crippen LogP contribution in [-0.4, -0.2) is 6.04 Å². The lowest BCUT2D eigenvalue weighted by Crippen LogP contribution is -2.32. The van der Waals surface area contributed by atoms with Crippen molar-refractivity contribution in [2.45, 2.75) is 39.8 Å². The highest BCUT2D eigenvalue weighted by atomic mass is 19.1. The Morgan fingerprint density at radius 1 is 1.41 bits per heavy atom. The van der Waals surface area contributed by atoms with Gasteiger partial charge in [-0.1, -0.05) is 20.8 Å². The molecular formula is C14H19FN2. The average molecular weight is 234 g/mol. The van der Waals surface area contributed by atoms with E-state index >= 15 is 0 Å². The monoisotopic (exact) mass is 234 g/mol. The summed E-state index contributed by atoms with van der Waals surface area (Å²) < 4.78 is 13.1. The zero-order valence-electron chi connectivity index (χ0n) is 10.6. The summed E-state index contributed by atoms with van der Waals surface area (Å²) in [6.45, 7) is 6.96. The second kappa shape index (κ2) is 6.36. The van der Waals surface area contributed by atoms with Crippen molar-refractivity contribution in [3.63, 3.8) is 0 Å². The number of halogens is 1. The molecule has 2 nitrogen and oxygen atoms in total. The molecular weight excluding hydrogens is 215 g/mol. The summed E-state index contributed by atoms with van der Waals surface area (Å²) in [5.74, 6) is 0.234. The Morgan fingerprint density at radius 2 is 2.12 bits per heavy atom. The summed E-state index contributed by atoms with van der Waals surface area (Å²) in [7, 11) is 0. The van der Waals surface area contributed by atoms with Crippen LogP contribution in [0.15, 0.2) is 18.2 Å². The van der Waals surface area contributed by atoms with Crippen LogP contribution in [0.4, 0.5) is 4.39 Å². The Hall–Kier alpha value is -1.40. The van der Waals surface area contributed by atoms with E-state index in [4.69, 9.17) is 5.26 Å². The van der Waals surface area contributed by atoms with Gasteiger partial charge >= 0.3 is 0 Å². The van der Waals surface area contributed by atoms with E-state index < -0.39 is 0 Å². The normalized spacial score (nSPS) is 12.5. The fourth-order valence-corrected chi connectivity index (χ4v) is 1.91. The number of nitrogens with one attached hydrogen (secondary N) is 1. The minimum absolute atomic E-state index is 0.293. The van der Waals surface area contributed by atoms with Gasteiger partial charge in [0.05, 0.1) is 11.6 Å². The largest absolute Gasteiger partial charge is 0.310 e. The van der Waals surface area contributed by atoms with Gasteiger partial charge < -0.3 is 5.32 Å². The first-order chi connectivity index (χ1) is 8.08. The van der Waals surface area contributed by atoms with E-state index in [1.165, 1.54) is 18.2 Å². The van der Waals surface area contributed by atoms with Gasteiger partial charge in [-0.3, -0.25) is 0 Å². The predicted molar refractivity (Wildman–Crippen MR) is 66.9 cm³/mol. The van der Waals surface area contributed by atoms with Gasteiger partial charge in [-0.15, -0.1) is 0 Å². The number of nitrogens with zero attached hydrogens (tertiary/aromatic N) is 1. The van der Waals surface area contributed by atoms with Crippen LogP contribution >= 0.6 is 0 Å². The van der Waals surface area contributed by atoms with Gasteiger partial charge in [0.15, 0.2) is 0 Å². The molecule has 0 bridgehead atoms. The highest BCUT2D eigenvalue weighted by Crippen LogP contribution is 2.12. The number of hydrogen-bond donors (Lipinski definition) is 1. The SMILES string of the molecule is CCC(NCc1cc(F)ccc1C#N)C(C)C. The second-order valence-electron chi connectivity index (χ2n) is 4.55. The van der Waals surface area contributed by atoms with Crippen molar-refractivity contribution < 1.29 is 4.39 Å². The average Bonchev–Trinajstić information content (AvgIpc) is 2.29. The van der Waals surface area contributed by atoms with Crippen LogP contribution in [0, 0.1) is 23.1 Å². The third-order valence-corrected chi connectivity index (χ3v) is 2.99. The van der Waals surface area contributed by atoms with Gasteiger partial charge in [0.25, 0.3) is 0 Å². The third kappa shape index (κ3) is 3.83. The third-order valence-electron chi connectivity index (χ3n) is 2.99. The molecule has 0 aromatic heterocycles. The first-order valence-electron chi connectivity index (χ1n) is 6.00. The molecule has 0 saturated carbocycles. The van der Waals surface area contributed by atoms with Crippen molar-refractivity contribution in [3.8, 4) is 6.07 Å². The Labute approximate surface area is 102 Å². The molecule has 0 aliphatic carbocycles. The number of nitriles is 1. The molecule has 92 valence electrons. The van der Waals surface area contributed by atoms with E-state index in [1.54, 1.807) is 0 Å². The van der Waals surface area contributed by atoms with Gasteiger partial charge in [0, 0.05) is 12.6 Å². The molecule has 1 atom stereocenters.